The molecule has 1 aliphatic rings. The zero-order valence-corrected chi connectivity index (χ0v) is 13.1. The minimum atomic E-state index is 0.175. The van der Waals surface area contributed by atoms with Gasteiger partial charge >= 0.3 is 0 Å². The van der Waals surface area contributed by atoms with Crippen molar-refractivity contribution < 1.29 is 9.53 Å². The third-order valence-electron chi connectivity index (χ3n) is 3.58. The number of amides is 1. The zero-order valence-electron chi connectivity index (χ0n) is 13.1. The highest BCUT2D eigenvalue weighted by atomic mass is 16.5. The molecule has 1 N–H and O–H groups in total. The number of carbonyl (C=O) groups excluding carboxylic acids is 1. The molecule has 1 aromatic carbocycles. The van der Waals surface area contributed by atoms with E-state index in [1.165, 1.54) is 6.42 Å². The predicted octanol–water partition coefficient (Wildman–Crippen LogP) is 2.58. The van der Waals surface area contributed by atoms with Gasteiger partial charge < -0.3 is 15.0 Å². The van der Waals surface area contributed by atoms with Gasteiger partial charge in [-0.1, -0.05) is 12.1 Å². The second-order valence-electron chi connectivity index (χ2n) is 5.86. The standard InChI is InChI=1S/C17H26N2O2/c1-14(2)21-16-8-6-7-15(11-16)12-18-13-17(20)19-9-4-3-5-10-19/h6-8,11,14,18H,3-5,9-10,12-13H2,1-2H3. The lowest BCUT2D eigenvalue weighted by Gasteiger charge is -2.26. The van der Waals surface area contributed by atoms with E-state index in [9.17, 15) is 4.79 Å². The molecule has 116 valence electrons. The van der Waals surface area contributed by atoms with Crippen molar-refractivity contribution in [2.24, 2.45) is 0 Å². The molecule has 0 bridgehead atoms. The van der Waals surface area contributed by atoms with Crippen LogP contribution in [0.5, 0.6) is 5.75 Å². The van der Waals surface area contributed by atoms with Gasteiger partial charge in [0.25, 0.3) is 0 Å². The fraction of sp³-hybridized carbons (Fsp3) is 0.588. The Hall–Kier alpha value is -1.55. The average Bonchev–Trinajstić information content (AvgIpc) is 2.48. The smallest absolute Gasteiger partial charge is 0.236 e. The van der Waals surface area contributed by atoms with Crippen LogP contribution in [0.15, 0.2) is 24.3 Å². The first-order valence-corrected chi connectivity index (χ1v) is 7.89. The molecule has 1 amide bonds. The molecule has 0 radical (unpaired) electrons. The van der Waals surface area contributed by atoms with E-state index in [-0.39, 0.29) is 12.0 Å². The molecule has 0 spiro atoms. The molecule has 4 nitrogen and oxygen atoms in total. The first-order valence-electron chi connectivity index (χ1n) is 7.89. The van der Waals surface area contributed by atoms with Crippen LogP contribution in [0.4, 0.5) is 0 Å². The van der Waals surface area contributed by atoms with Crippen molar-refractivity contribution in [1.82, 2.24) is 10.2 Å². The molecule has 0 aliphatic carbocycles. The molecular weight excluding hydrogens is 264 g/mol. The van der Waals surface area contributed by atoms with Crippen LogP contribution in [0.25, 0.3) is 0 Å². The molecule has 1 aliphatic heterocycles. The Morgan fingerprint density at radius 2 is 2.05 bits per heavy atom. The van der Waals surface area contributed by atoms with Gasteiger partial charge in [0.15, 0.2) is 0 Å². The Morgan fingerprint density at radius 1 is 1.29 bits per heavy atom. The Morgan fingerprint density at radius 3 is 2.76 bits per heavy atom. The van der Waals surface area contributed by atoms with Crippen molar-refractivity contribution in [3.63, 3.8) is 0 Å². The second kappa shape index (κ2) is 8.03. The highest BCUT2D eigenvalue weighted by molar-refractivity contribution is 5.78. The van der Waals surface area contributed by atoms with Crippen LogP contribution in [0.3, 0.4) is 0 Å². The summed E-state index contributed by atoms with van der Waals surface area (Å²) in [6.45, 7) is 6.96. The van der Waals surface area contributed by atoms with Gasteiger partial charge in [0.2, 0.25) is 5.91 Å². The molecule has 1 aromatic rings. The Bertz CT molecular complexity index is 454. The summed E-state index contributed by atoms with van der Waals surface area (Å²) < 4.78 is 5.67. The van der Waals surface area contributed by atoms with Crippen LogP contribution in [0, 0.1) is 0 Å². The molecule has 1 heterocycles. The topological polar surface area (TPSA) is 41.6 Å². The van der Waals surface area contributed by atoms with E-state index in [4.69, 9.17) is 4.74 Å². The number of nitrogens with zero attached hydrogens (tertiary/aromatic N) is 1. The maximum atomic E-state index is 12.0. The Balaban J connectivity index is 1.76. The summed E-state index contributed by atoms with van der Waals surface area (Å²) in [5.41, 5.74) is 1.14. The van der Waals surface area contributed by atoms with Crippen molar-refractivity contribution in [3.05, 3.63) is 29.8 Å². The maximum absolute atomic E-state index is 12.0. The second-order valence-corrected chi connectivity index (χ2v) is 5.86. The number of hydrogen-bond acceptors (Lipinski definition) is 3. The Kier molecular flexibility index (Phi) is 6.05. The van der Waals surface area contributed by atoms with Crippen LogP contribution < -0.4 is 10.1 Å². The first kappa shape index (κ1) is 15.8. The van der Waals surface area contributed by atoms with Crippen molar-refractivity contribution in [2.75, 3.05) is 19.6 Å². The third-order valence-corrected chi connectivity index (χ3v) is 3.58. The third kappa shape index (κ3) is 5.38. The van der Waals surface area contributed by atoms with Gasteiger partial charge in [-0.2, -0.15) is 0 Å². The van der Waals surface area contributed by atoms with Gasteiger partial charge in [-0.05, 0) is 50.8 Å². The summed E-state index contributed by atoms with van der Waals surface area (Å²) >= 11 is 0. The van der Waals surface area contributed by atoms with Crippen LogP contribution in [0.1, 0.15) is 38.7 Å². The van der Waals surface area contributed by atoms with Gasteiger partial charge in [0, 0.05) is 19.6 Å². The minimum absolute atomic E-state index is 0.175. The van der Waals surface area contributed by atoms with E-state index < -0.39 is 0 Å². The number of rotatable bonds is 6. The van der Waals surface area contributed by atoms with Gasteiger partial charge in [0.1, 0.15) is 5.75 Å². The number of carbonyl (C=O) groups is 1. The molecule has 0 aromatic heterocycles. The summed E-state index contributed by atoms with van der Waals surface area (Å²) in [7, 11) is 0. The van der Waals surface area contributed by atoms with Gasteiger partial charge in [0.05, 0.1) is 12.6 Å². The number of ether oxygens (including phenoxy) is 1. The van der Waals surface area contributed by atoms with E-state index >= 15 is 0 Å². The van der Waals surface area contributed by atoms with E-state index in [0.717, 1.165) is 37.2 Å². The highest BCUT2D eigenvalue weighted by Crippen LogP contribution is 2.14. The van der Waals surface area contributed by atoms with Gasteiger partial charge in [-0.3, -0.25) is 4.79 Å². The first-order chi connectivity index (χ1) is 10.1. The van der Waals surface area contributed by atoms with Crippen molar-refractivity contribution in [2.45, 2.75) is 45.8 Å². The van der Waals surface area contributed by atoms with Crippen LogP contribution in [-0.4, -0.2) is 36.5 Å². The van der Waals surface area contributed by atoms with Gasteiger partial charge in [-0.25, -0.2) is 0 Å². The molecule has 21 heavy (non-hydrogen) atoms. The minimum Gasteiger partial charge on any atom is -0.491 e. The molecule has 0 atom stereocenters. The number of nitrogens with one attached hydrogen (secondary N) is 1. The SMILES string of the molecule is CC(C)Oc1cccc(CNCC(=O)N2CCCCC2)c1. The van der Waals surface area contributed by atoms with E-state index in [0.29, 0.717) is 13.1 Å². The fourth-order valence-electron chi connectivity index (χ4n) is 2.57. The normalized spacial score (nSPS) is 15.3. The van der Waals surface area contributed by atoms with Gasteiger partial charge in [-0.15, -0.1) is 0 Å². The molecule has 2 rings (SSSR count). The molecular formula is C17H26N2O2. The lowest BCUT2D eigenvalue weighted by Crippen LogP contribution is -2.40. The van der Waals surface area contributed by atoms with E-state index in [1.54, 1.807) is 0 Å². The molecule has 1 fully saturated rings. The number of hydrogen-bond donors (Lipinski definition) is 1. The summed E-state index contributed by atoms with van der Waals surface area (Å²) in [5.74, 6) is 1.09. The Labute approximate surface area is 127 Å². The summed E-state index contributed by atoms with van der Waals surface area (Å²) in [6, 6.07) is 8.02. The van der Waals surface area contributed by atoms with Crippen molar-refractivity contribution in [3.8, 4) is 5.75 Å². The van der Waals surface area contributed by atoms with Crippen LogP contribution >= 0.6 is 0 Å². The number of benzene rings is 1. The van der Waals surface area contributed by atoms with Crippen molar-refractivity contribution >= 4 is 5.91 Å². The van der Waals surface area contributed by atoms with Crippen LogP contribution in [0.2, 0.25) is 0 Å². The summed E-state index contributed by atoms with van der Waals surface area (Å²) in [4.78, 5) is 14.0. The average molecular weight is 290 g/mol. The molecule has 0 saturated carbocycles. The van der Waals surface area contributed by atoms with Crippen LogP contribution in [-0.2, 0) is 11.3 Å². The lowest BCUT2D eigenvalue weighted by atomic mass is 10.1. The fourth-order valence-corrected chi connectivity index (χ4v) is 2.57. The highest BCUT2D eigenvalue weighted by Gasteiger charge is 2.15. The monoisotopic (exact) mass is 290 g/mol. The quantitative estimate of drug-likeness (QED) is 0.875. The number of piperidine rings is 1. The molecule has 4 heteroatoms. The summed E-state index contributed by atoms with van der Waals surface area (Å²) in [5, 5.41) is 3.23. The van der Waals surface area contributed by atoms with Crippen molar-refractivity contribution in [1.29, 1.82) is 0 Å². The maximum Gasteiger partial charge on any atom is 0.236 e. The molecule has 1 saturated heterocycles. The largest absolute Gasteiger partial charge is 0.491 e. The van der Waals surface area contributed by atoms with E-state index in [2.05, 4.69) is 5.32 Å². The lowest BCUT2D eigenvalue weighted by molar-refractivity contribution is -0.131. The van der Waals surface area contributed by atoms with E-state index in [1.807, 2.05) is 43.0 Å². The number of likely N-dealkylation sites (tertiary alicyclic amines) is 1. The molecule has 0 unspecified atom stereocenters. The zero-order chi connectivity index (χ0) is 15.1. The summed E-state index contributed by atoms with van der Waals surface area (Å²) in [6.07, 6.45) is 3.70. The predicted molar refractivity (Wildman–Crippen MR) is 84.3 cm³/mol.